The Morgan fingerprint density at radius 2 is 0.824 bits per heavy atom. The molecule has 0 atom stereocenters. The van der Waals surface area contributed by atoms with Crippen LogP contribution in [0, 0.1) is 27.7 Å². The highest BCUT2D eigenvalue weighted by atomic mass is 16.3. The third-order valence-electron chi connectivity index (χ3n) is 6.06. The molecule has 4 nitrogen and oxygen atoms in total. The normalized spacial score (nSPS) is 11.5. The van der Waals surface area contributed by atoms with Crippen molar-refractivity contribution < 1.29 is 10.2 Å². The van der Waals surface area contributed by atoms with E-state index in [-0.39, 0.29) is 11.5 Å². The highest BCUT2D eigenvalue weighted by Crippen LogP contribution is 2.27. The number of aromatic hydroxyl groups is 2. The summed E-state index contributed by atoms with van der Waals surface area (Å²) >= 11 is 0. The Balaban J connectivity index is 1.46. The smallest absolute Gasteiger partial charge is 0.124 e. The SMILES string of the molecule is Cc1cc(O)c(C=Nc2ccc(-c3ccc(N=Cc4cc(C)c(C)cc4O)cc3)cc2)cc1C. The van der Waals surface area contributed by atoms with Crippen molar-refractivity contribution in [3.63, 3.8) is 0 Å². The largest absolute Gasteiger partial charge is 0.507 e. The Bertz CT molecular complexity index is 1270. The number of phenols is 2. The van der Waals surface area contributed by atoms with E-state index in [1.165, 1.54) is 0 Å². The van der Waals surface area contributed by atoms with E-state index in [0.29, 0.717) is 11.1 Å². The molecule has 2 N–H and O–H groups in total. The van der Waals surface area contributed by atoms with Gasteiger partial charge >= 0.3 is 0 Å². The van der Waals surface area contributed by atoms with E-state index in [1.807, 2.05) is 88.4 Å². The molecule has 0 unspecified atom stereocenters. The van der Waals surface area contributed by atoms with Gasteiger partial charge in [0.2, 0.25) is 0 Å². The van der Waals surface area contributed by atoms with Crippen LogP contribution in [0.3, 0.4) is 0 Å². The fourth-order valence-corrected chi connectivity index (χ4v) is 3.62. The van der Waals surface area contributed by atoms with Crippen molar-refractivity contribution in [1.29, 1.82) is 0 Å². The van der Waals surface area contributed by atoms with Gasteiger partial charge in [-0.1, -0.05) is 24.3 Å². The summed E-state index contributed by atoms with van der Waals surface area (Å²) in [5, 5.41) is 20.3. The fourth-order valence-electron chi connectivity index (χ4n) is 3.62. The van der Waals surface area contributed by atoms with Gasteiger partial charge in [0.05, 0.1) is 11.4 Å². The summed E-state index contributed by atoms with van der Waals surface area (Å²) in [6.07, 6.45) is 3.38. The molecule has 4 heteroatoms. The number of hydrogen-bond donors (Lipinski definition) is 2. The minimum atomic E-state index is 0.235. The highest BCUT2D eigenvalue weighted by molar-refractivity contribution is 5.87. The number of nitrogens with zero attached hydrogens (tertiary/aromatic N) is 2. The Morgan fingerprint density at radius 1 is 0.500 bits per heavy atom. The van der Waals surface area contributed by atoms with E-state index in [4.69, 9.17) is 0 Å². The van der Waals surface area contributed by atoms with E-state index in [9.17, 15) is 10.2 Å². The lowest BCUT2D eigenvalue weighted by molar-refractivity contribution is 0.473. The maximum atomic E-state index is 10.1. The predicted octanol–water partition coefficient (Wildman–Crippen LogP) is 7.50. The Morgan fingerprint density at radius 3 is 1.18 bits per heavy atom. The molecule has 0 aliphatic heterocycles. The molecule has 0 heterocycles. The summed E-state index contributed by atoms with van der Waals surface area (Å²) in [6.45, 7) is 7.99. The molecular formula is C30H28N2O2. The zero-order valence-electron chi connectivity index (χ0n) is 19.9. The van der Waals surface area contributed by atoms with Crippen LogP contribution in [0.4, 0.5) is 11.4 Å². The molecule has 0 aromatic heterocycles. The van der Waals surface area contributed by atoms with Crippen molar-refractivity contribution in [2.75, 3.05) is 0 Å². The van der Waals surface area contributed by atoms with Crippen molar-refractivity contribution in [1.82, 2.24) is 0 Å². The van der Waals surface area contributed by atoms with Gasteiger partial charge < -0.3 is 10.2 Å². The first kappa shape index (κ1) is 23.0. The molecule has 0 aliphatic rings. The van der Waals surface area contributed by atoms with Gasteiger partial charge in [-0.25, -0.2) is 0 Å². The van der Waals surface area contributed by atoms with Crippen molar-refractivity contribution >= 4 is 23.8 Å². The molecule has 34 heavy (non-hydrogen) atoms. The first-order valence-corrected chi connectivity index (χ1v) is 11.2. The molecule has 4 rings (SSSR count). The second-order valence-electron chi connectivity index (χ2n) is 8.60. The summed E-state index contributed by atoms with van der Waals surface area (Å²) < 4.78 is 0. The Labute approximate surface area is 200 Å². The number of aliphatic imine (C=N–C) groups is 2. The van der Waals surface area contributed by atoms with Gasteiger partial charge in [-0.3, -0.25) is 9.98 Å². The average Bonchev–Trinajstić information content (AvgIpc) is 2.83. The number of aryl methyl sites for hydroxylation is 4. The quantitative estimate of drug-likeness (QED) is 0.310. The van der Waals surface area contributed by atoms with Gasteiger partial charge in [0, 0.05) is 23.6 Å². The first-order valence-electron chi connectivity index (χ1n) is 11.2. The van der Waals surface area contributed by atoms with Crippen LogP contribution in [0.15, 0.2) is 82.8 Å². The molecule has 0 fully saturated rings. The lowest BCUT2D eigenvalue weighted by Gasteiger charge is -2.05. The monoisotopic (exact) mass is 448 g/mol. The maximum absolute atomic E-state index is 10.1. The molecule has 170 valence electrons. The Hall–Kier alpha value is -4.18. The molecule has 0 bridgehead atoms. The highest BCUT2D eigenvalue weighted by Gasteiger charge is 2.04. The van der Waals surface area contributed by atoms with Gasteiger partial charge in [0.15, 0.2) is 0 Å². The van der Waals surface area contributed by atoms with Crippen molar-refractivity contribution in [2.24, 2.45) is 9.98 Å². The number of rotatable bonds is 5. The van der Waals surface area contributed by atoms with E-state index < -0.39 is 0 Å². The summed E-state index contributed by atoms with van der Waals surface area (Å²) in [5.74, 6) is 0.470. The molecule has 0 radical (unpaired) electrons. The second-order valence-corrected chi connectivity index (χ2v) is 8.60. The van der Waals surface area contributed by atoms with Crippen molar-refractivity contribution in [2.45, 2.75) is 27.7 Å². The molecule has 0 saturated heterocycles. The molecule has 4 aromatic carbocycles. The molecule has 0 aliphatic carbocycles. The summed E-state index contributed by atoms with van der Waals surface area (Å²) in [4.78, 5) is 9.01. The van der Waals surface area contributed by atoms with Crippen LogP contribution < -0.4 is 0 Å². The van der Waals surface area contributed by atoms with Gasteiger partial charge in [-0.05, 0) is 110 Å². The van der Waals surface area contributed by atoms with E-state index in [1.54, 1.807) is 24.6 Å². The average molecular weight is 449 g/mol. The van der Waals surface area contributed by atoms with Gasteiger partial charge in [-0.15, -0.1) is 0 Å². The van der Waals surface area contributed by atoms with Crippen LogP contribution in [0.1, 0.15) is 33.4 Å². The van der Waals surface area contributed by atoms with Gasteiger partial charge in [0.25, 0.3) is 0 Å². The van der Waals surface area contributed by atoms with E-state index in [0.717, 1.165) is 44.8 Å². The number of benzene rings is 4. The summed E-state index contributed by atoms with van der Waals surface area (Å²) in [7, 11) is 0. The number of hydrogen-bond acceptors (Lipinski definition) is 4. The Kier molecular flexibility index (Phi) is 6.60. The first-order chi connectivity index (χ1) is 16.3. The summed E-state index contributed by atoms with van der Waals surface area (Å²) in [5.41, 5.74) is 9.55. The maximum Gasteiger partial charge on any atom is 0.124 e. The van der Waals surface area contributed by atoms with E-state index >= 15 is 0 Å². The lowest BCUT2D eigenvalue weighted by atomic mass is 10.0. The van der Waals surface area contributed by atoms with Gasteiger partial charge in [-0.2, -0.15) is 0 Å². The predicted molar refractivity (Wildman–Crippen MR) is 142 cm³/mol. The van der Waals surface area contributed by atoms with Crippen LogP contribution in [-0.4, -0.2) is 22.6 Å². The van der Waals surface area contributed by atoms with Crippen molar-refractivity contribution in [3.05, 3.63) is 106 Å². The zero-order valence-corrected chi connectivity index (χ0v) is 19.9. The van der Waals surface area contributed by atoms with Crippen molar-refractivity contribution in [3.8, 4) is 22.6 Å². The zero-order chi connectivity index (χ0) is 24.2. The second kappa shape index (κ2) is 9.75. The molecular weight excluding hydrogens is 420 g/mol. The number of phenolic OH excluding ortho intramolecular Hbond substituents is 2. The van der Waals surface area contributed by atoms with Gasteiger partial charge in [0.1, 0.15) is 11.5 Å². The minimum Gasteiger partial charge on any atom is -0.507 e. The standard InChI is InChI=1S/C30H28N2O2/c1-19-13-25(29(33)15-21(19)3)17-31-27-9-5-23(6-10-27)24-7-11-28(12-8-24)32-18-26-14-20(2)22(4)16-30(26)34/h5-18,33-34H,1-4H3. The summed E-state index contributed by atoms with van der Waals surface area (Å²) in [6, 6.07) is 23.3. The van der Waals surface area contributed by atoms with Crippen LogP contribution in [0.5, 0.6) is 11.5 Å². The van der Waals surface area contributed by atoms with Crippen LogP contribution >= 0.6 is 0 Å². The van der Waals surface area contributed by atoms with Crippen LogP contribution in [0.2, 0.25) is 0 Å². The minimum absolute atomic E-state index is 0.235. The molecule has 0 saturated carbocycles. The van der Waals surface area contributed by atoms with Crippen LogP contribution in [-0.2, 0) is 0 Å². The van der Waals surface area contributed by atoms with E-state index in [2.05, 4.69) is 9.98 Å². The molecule has 0 amide bonds. The third-order valence-corrected chi connectivity index (χ3v) is 6.06. The third kappa shape index (κ3) is 5.24. The van der Waals surface area contributed by atoms with Crippen LogP contribution in [0.25, 0.3) is 11.1 Å². The topological polar surface area (TPSA) is 65.2 Å². The molecule has 4 aromatic rings. The lowest BCUT2D eigenvalue weighted by Crippen LogP contribution is -1.88. The fraction of sp³-hybridized carbons (Fsp3) is 0.133. The molecule has 0 spiro atoms.